The molecule has 2 saturated carbocycles. The first-order chi connectivity index (χ1) is 15.8. The zero-order valence-electron chi connectivity index (χ0n) is 22.3. The summed E-state index contributed by atoms with van der Waals surface area (Å²) in [6.07, 6.45) is 11.1. The molecule has 34 heavy (non-hydrogen) atoms. The number of hydrogen-bond donors (Lipinski definition) is 1. The topological polar surface area (TPSA) is 63.6 Å². The lowest BCUT2D eigenvalue weighted by Crippen LogP contribution is -2.52. The largest absolute Gasteiger partial charge is 0.481 e. The third-order valence-corrected chi connectivity index (χ3v) is 11.3. The van der Waals surface area contributed by atoms with E-state index in [9.17, 15) is 14.7 Å². The summed E-state index contributed by atoms with van der Waals surface area (Å²) in [6, 6.07) is 0. The number of carbonyl (C=O) groups excluding carboxylic acids is 1. The van der Waals surface area contributed by atoms with Crippen LogP contribution in [0.2, 0.25) is 0 Å². The van der Waals surface area contributed by atoms with E-state index >= 15 is 0 Å². The highest BCUT2D eigenvalue weighted by molar-refractivity contribution is 5.74. The van der Waals surface area contributed by atoms with E-state index in [0.717, 1.165) is 32.1 Å². The molecule has 190 valence electrons. The Labute approximate surface area is 206 Å². The molecule has 3 aliphatic carbocycles. The Morgan fingerprint density at radius 1 is 1.26 bits per heavy atom. The number of allylic oxidation sites excluding steroid dienone is 3. The van der Waals surface area contributed by atoms with Gasteiger partial charge in [0.1, 0.15) is 6.10 Å². The van der Waals surface area contributed by atoms with Crippen molar-refractivity contribution >= 4 is 11.9 Å². The lowest BCUT2D eigenvalue weighted by molar-refractivity contribution is -0.144. The van der Waals surface area contributed by atoms with E-state index in [1.807, 2.05) is 6.92 Å². The molecule has 4 aliphatic rings. The average Bonchev–Trinajstić information content (AvgIpc) is 3.21. The molecule has 3 fully saturated rings. The molecular weight excluding hydrogens is 424 g/mol. The van der Waals surface area contributed by atoms with Gasteiger partial charge in [-0.25, -0.2) is 0 Å². The summed E-state index contributed by atoms with van der Waals surface area (Å²) in [5.74, 6) is 1.25. The number of fused-ring (bicyclic) bond motifs is 3. The molecule has 4 nitrogen and oxygen atoms in total. The van der Waals surface area contributed by atoms with Crippen LogP contribution in [0, 0.1) is 45.8 Å². The Bertz CT molecular complexity index is 888. The minimum atomic E-state index is -0.693. The summed E-state index contributed by atoms with van der Waals surface area (Å²) in [5.41, 5.74) is 3.14. The van der Waals surface area contributed by atoms with Crippen LogP contribution in [-0.4, -0.2) is 23.1 Å². The molecule has 0 aromatic carbocycles. The predicted octanol–water partition coefficient (Wildman–Crippen LogP) is 7.19. The van der Waals surface area contributed by atoms with Gasteiger partial charge in [-0.3, -0.25) is 9.59 Å². The van der Waals surface area contributed by atoms with Crippen LogP contribution in [0.1, 0.15) is 99.3 Å². The van der Waals surface area contributed by atoms with Crippen molar-refractivity contribution in [3.8, 4) is 0 Å². The van der Waals surface area contributed by atoms with Crippen molar-refractivity contribution in [3.05, 3.63) is 23.8 Å². The SMILES string of the molecule is C=C(C)[C@@H]1CC=C2[C@@H](CC[C@]3(C)[C@@H]([C@H](C)C[C@@H]4C[C@@H](C)C(=O)O4)CC[C@@]23C)[C@@]1(C)CCC(=O)O. The maximum Gasteiger partial charge on any atom is 0.309 e. The van der Waals surface area contributed by atoms with Crippen molar-refractivity contribution in [2.75, 3.05) is 0 Å². The zero-order chi connectivity index (χ0) is 25.1. The maximum atomic E-state index is 11.9. The summed E-state index contributed by atoms with van der Waals surface area (Å²) >= 11 is 0. The van der Waals surface area contributed by atoms with Crippen LogP contribution in [-0.2, 0) is 14.3 Å². The van der Waals surface area contributed by atoms with E-state index in [0.29, 0.717) is 23.7 Å². The zero-order valence-corrected chi connectivity index (χ0v) is 22.3. The highest BCUT2D eigenvalue weighted by atomic mass is 16.5. The van der Waals surface area contributed by atoms with Gasteiger partial charge in [-0.2, -0.15) is 0 Å². The average molecular weight is 471 g/mol. The minimum absolute atomic E-state index is 0.0275. The van der Waals surface area contributed by atoms with Gasteiger partial charge >= 0.3 is 11.9 Å². The molecule has 0 spiro atoms. The van der Waals surface area contributed by atoms with Crippen LogP contribution < -0.4 is 0 Å². The minimum Gasteiger partial charge on any atom is -0.481 e. The van der Waals surface area contributed by atoms with Gasteiger partial charge in [0.25, 0.3) is 0 Å². The highest BCUT2D eigenvalue weighted by Crippen LogP contribution is 2.72. The van der Waals surface area contributed by atoms with Crippen molar-refractivity contribution in [3.63, 3.8) is 0 Å². The number of carbonyl (C=O) groups is 2. The lowest BCUT2D eigenvalue weighted by Gasteiger charge is -2.60. The van der Waals surface area contributed by atoms with E-state index in [1.165, 1.54) is 24.8 Å². The van der Waals surface area contributed by atoms with E-state index in [2.05, 4.69) is 47.3 Å². The fourth-order valence-corrected chi connectivity index (χ4v) is 9.13. The second kappa shape index (κ2) is 8.82. The van der Waals surface area contributed by atoms with Crippen LogP contribution >= 0.6 is 0 Å². The van der Waals surface area contributed by atoms with Crippen LogP contribution in [0.3, 0.4) is 0 Å². The number of hydrogen-bond acceptors (Lipinski definition) is 3. The van der Waals surface area contributed by atoms with Crippen LogP contribution in [0.15, 0.2) is 23.8 Å². The number of carboxylic acids is 1. The van der Waals surface area contributed by atoms with E-state index in [1.54, 1.807) is 5.57 Å². The Hall–Kier alpha value is -1.58. The van der Waals surface area contributed by atoms with E-state index in [4.69, 9.17) is 4.74 Å². The predicted molar refractivity (Wildman–Crippen MR) is 135 cm³/mol. The molecule has 1 N–H and O–H groups in total. The van der Waals surface area contributed by atoms with Crippen molar-refractivity contribution in [2.45, 2.75) is 105 Å². The van der Waals surface area contributed by atoms with Crippen LogP contribution in [0.25, 0.3) is 0 Å². The summed E-state index contributed by atoms with van der Waals surface area (Å²) < 4.78 is 5.68. The van der Waals surface area contributed by atoms with Gasteiger partial charge in [0.15, 0.2) is 0 Å². The van der Waals surface area contributed by atoms with Crippen molar-refractivity contribution in [2.24, 2.45) is 45.8 Å². The van der Waals surface area contributed by atoms with Gasteiger partial charge in [0.05, 0.1) is 5.92 Å². The molecule has 0 radical (unpaired) electrons. The Morgan fingerprint density at radius 2 is 1.97 bits per heavy atom. The second-order valence-electron chi connectivity index (χ2n) is 13.1. The molecular formula is C30H46O4. The molecule has 4 rings (SSSR count). The number of cyclic esters (lactones) is 1. The standard InChI is InChI=1S/C30H46O4/c1-18(2)22-8-9-25-24(28(22,5)13-12-26(31)32)11-15-29(6)23(10-14-30(25,29)7)19(3)16-21-17-20(4)27(33)34-21/h9,19-24H,1,8,10-17H2,2-7H3,(H,31,32)/t19-,20-,21-,22+,23-,24-,28+,29-,30+/m1/s1. The normalized spacial score (nSPS) is 44.6. The van der Waals surface area contributed by atoms with E-state index in [-0.39, 0.29) is 40.7 Å². The molecule has 9 atom stereocenters. The summed E-state index contributed by atoms with van der Waals surface area (Å²) in [6.45, 7) is 18.2. The Balaban J connectivity index is 1.60. The first kappa shape index (κ1) is 25.5. The molecule has 0 aromatic rings. The Kier molecular flexibility index (Phi) is 6.62. The summed E-state index contributed by atoms with van der Waals surface area (Å²) in [4.78, 5) is 23.5. The third-order valence-electron chi connectivity index (χ3n) is 11.3. The fourth-order valence-electron chi connectivity index (χ4n) is 9.13. The quantitative estimate of drug-likeness (QED) is 0.316. The molecule has 1 saturated heterocycles. The van der Waals surface area contributed by atoms with E-state index < -0.39 is 5.97 Å². The van der Waals surface area contributed by atoms with Gasteiger partial charge in [0.2, 0.25) is 0 Å². The lowest BCUT2D eigenvalue weighted by atomic mass is 9.44. The molecule has 1 aliphatic heterocycles. The van der Waals surface area contributed by atoms with Gasteiger partial charge in [-0.05, 0) is 98.2 Å². The Morgan fingerprint density at radius 3 is 2.56 bits per heavy atom. The van der Waals surface area contributed by atoms with Crippen LogP contribution in [0.4, 0.5) is 0 Å². The maximum absolute atomic E-state index is 11.9. The van der Waals surface area contributed by atoms with Crippen molar-refractivity contribution < 1.29 is 19.4 Å². The fraction of sp³-hybridized carbons (Fsp3) is 0.800. The molecule has 1 heterocycles. The van der Waals surface area contributed by atoms with Crippen LogP contribution in [0.5, 0.6) is 0 Å². The monoisotopic (exact) mass is 470 g/mol. The third kappa shape index (κ3) is 3.88. The van der Waals surface area contributed by atoms with Gasteiger partial charge in [0, 0.05) is 6.42 Å². The molecule has 0 unspecified atom stereocenters. The smallest absolute Gasteiger partial charge is 0.309 e. The molecule has 0 aromatic heterocycles. The van der Waals surface area contributed by atoms with Gasteiger partial charge in [-0.15, -0.1) is 0 Å². The summed E-state index contributed by atoms with van der Waals surface area (Å²) in [7, 11) is 0. The van der Waals surface area contributed by atoms with Crippen molar-refractivity contribution in [1.29, 1.82) is 0 Å². The molecule has 4 heteroatoms. The summed E-state index contributed by atoms with van der Waals surface area (Å²) in [5, 5.41) is 9.50. The molecule has 0 bridgehead atoms. The van der Waals surface area contributed by atoms with Gasteiger partial charge < -0.3 is 9.84 Å². The van der Waals surface area contributed by atoms with Crippen molar-refractivity contribution in [1.82, 2.24) is 0 Å². The first-order valence-electron chi connectivity index (χ1n) is 13.6. The highest BCUT2D eigenvalue weighted by Gasteiger charge is 2.63. The number of ether oxygens (including phenoxy) is 1. The number of esters is 1. The number of carboxylic acid groups (broad SMARTS) is 1. The van der Waals surface area contributed by atoms with Gasteiger partial charge in [-0.1, -0.05) is 58.4 Å². The first-order valence-corrected chi connectivity index (χ1v) is 13.6. The second-order valence-corrected chi connectivity index (χ2v) is 13.1. The number of aliphatic carboxylic acids is 1. The number of rotatable bonds is 7. The molecule has 0 amide bonds.